The number of benzene rings is 5. The van der Waals surface area contributed by atoms with Crippen molar-refractivity contribution in [1.82, 2.24) is 29.6 Å². The Balaban J connectivity index is 0.788. The molecule has 0 saturated carbocycles. The normalized spacial score (nSPS) is 15.0. The molecule has 4 aliphatic rings. The lowest BCUT2D eigenvalue weighted by atomic mass is 9.97. The highest BCUT2D eigenvalue weighted by Gasteiger charge is 2.31. The van der Waals surface area contributed by atoms with Crippen molar-refractivity contribution in [3.63, 3.8) is 0 Å². The third-order valence-electron chi connectivity index (χ3n) is 14.4. The van der Waals surface area contributed by atoms with Crippen LogP contribution in [0.2, 0.25) is 10.0 Å². The maximum absolute atomic E-state index is 13.8. The lowest BCUT2D eigenvalue weighted by Crippen LogP contribution is -2.49. The number of halogens is 2. The van der Waals surface area contributed by atoms with Gasteiger partial charge in [-0.05, 0) is 91.1 Å². The van der Waals surface area contributed by atoms with Gasteiger partial charge in [-0.3, -0.25) is 24.2 Å². The lowest BCUT2D eigenvalue weighted by Gasteiger charge is -2.36. The van der Waals surface area contributed by atoms with Crippen LogP contribution in [0.15, 0.2) is 108 Å². The number of hydrogen-bond donors (Lipinski definition) is 0. The summed E-state index contributed by atoms with van der Waals surface area (Å²) in [6.07, 6.45) is 1.13. The van der Waals surface area contributed by atoms with Gasteiger partial charge in [0.25, 0.3) is 11.8 Å². The van der Waals surface area contributed by atoms with E-state index in [1.807, 2.05) is 113 Å². The van der Waals surface area contributed by atoms with Crippen molar-refractivity contribution < 1.29 is 47.5 Å². The van der Waals surface area contributed by atoms with Crippen LogP contribution in [0.5, 0.6) is 40.2 Å². The average Bonchev–Trinajstić information content (AvgIpc) is 4.36. The van der Waals surface area contributed by atoms with E-state index in [1.165, 1.54) is 22.7 Å². The minimum Gasteiger partial charge on any atom is -0.496 e. The Bertz CT molecular complexity index is 3350. The number of fused-ring (bicyclic) bond motifs is 2. The Hall–Kier alpha value is -7.13. The van der Waals surface area contributed by atoms with Crippen LogP contribution in [0.1, 0.15) is 73.0 Å². The summed E-state index contributed by atoms with van der Waals surface area (Å²) >= 11 is 15.7. The van der Waals surface area contributed by atoms with Gasteiger partial charge < -0.3 is 47.9 Å². The number of aromatic nitrogens is 2. The second-order valence-electron chi connectivity index (χ2n) is 19.8. The second kappa shape index (κ2) is 25.1. The van der Waals surface area contributed by atoms with Crippen molar-refractivity contribution in [2.75, 3.05) is 71.5 Å². The van der Waals surface area contributed by atoms with Gasteiger partial charge in [-0.1, -0.05) is 59.6 Å². The summed E-state index contributed by atoms with van der Waals surface area (Å²) in [5, 5.41) is 6.59. The summed E-state index contributed by atoms with van der Waals surface area (Å²) in [5.74, 6) is 3.45. The number of hydrogen-bond acceptors (Lipinski definition) is 17. The number of ether oxygens (including phenoxy) is 7. The molecular weight excluding hydrogens is 1100 g/mol. The van der Waals surface area contributed by atoms with Crippen LogP contribution < -0.4 is 33.3 Å². The van der Waals surface area contributed by atoms with Crippen molar-refractivity contribution in [3.05, 3.63) is 162 Å². The fourth-order valence-electron chi connectivity index (χ4n) is 10.3. The third kappa shape index (κ3) is 13.0. The molecule has 2 fully saturated rings. The number of piperidine rings is 1. The van der Waals surface area contributed by atoms with E-state index < -0.39 is 0 Å². The first kappa shape index (κ1) is 54.8. The molecule has 2 aromatic heterocycles. The number of amides is 2. The minimum absolute atomic E-state index is 0.0394. The molecule has 5 aromatic carbocycles. The Morgan fingerprint density at radius 2 is 1.26 bits per heavy atom. The molecule has 21 heteroatoms. The smallest absolute Gasteiger partial charge is 0.309 e. The molecule has 2 amide bonds. The van der Waals surface area contributed by atoms with E-state index in [0.29, 0.717) is 160 Å². The molecular formula is C59H59Cl2N7O10S2. The highest BCUT2D eigenvalue weighted by atomic mass is 35.5. The number of piperazine rings is 1. The number of likely N-dealkylation sites (tertiary alicyclic amines) is 1. The molecule has 0 atom stereocenters. The molecule has 0 bridgehead atoms. The largest absolute Gasteiger partial charge is 0.496 e. The van der Waals surface area contributed by atoms with Gasteiger partial charge in [0, 0.05) is 92.9 Å². The van der Waals surface area contributed by atoms with E-state index in [9.17, 15) is 14.4 Å². The van der Waals surface area contributed by atoms with Crippen molar-refractivity contribution >= 4 is 69.3 Å². The van der Waals surface area contributed by atoms with E-state index in [4.69, 9.17) is 66.3 Å². The van der Waals surface area contributed by atoms with E-state index >= 15 is 0 Å². The quantitative estimate of drug-likeness (QED) is 0.0664. The number of methoxy groups -OCH3 is 1. The first-order valence-corrected chi connectivity index (χ1v) is 29.0. The molecule has 416 valence electrons. The molecule has 0 N–H and O–H groups in total. The van der Waals surface area contributed by atoms with Gasteiger partial charge in [0.05, 0.1) is 43.4 Å². The van der Waals surface area contributed by atoms with E-state index in [1.54, 1.807) is 18.9 Å². The molecule has 6 heterocycles. The SMILES string of the molecule is CCOC(=O)C1CCN(C(=O)c2csc(CN(Cc3ccc(Cl)cc3)Cc3cc4c(c(Oc5ccc(CN(Cc6ccc7c(c6)OCO7)Cc6nc(C(=O)N7CCN(c8ccccc8Cl)CC7)cs6)c(OC)c5)c3)OCO4)n2)CC1. The monoisotopic (exact) mass is 1160 g/mol. The number of para-hydroxylation sites is 1. The number of esters is 1. The molecule has 0 spiro atoms. The fourth-order valence-corrected chi connectivity index (χ4v) is 12.3. The fraction of sp³-hybridized carbons (Fsp3) is 0.339. The molecule has 4 aliphatic heterocycles. The van der Waals surface area contributed by atoms with Crippen molar-refractivity contribution in [1.29, 1.82) is 0 Å². The molecule has 2 saturated heterocycles. The average molecular weight is 1160 g/mol. The predicted molar refractivity (Wildman–Crippen MR) is 305 cm³/mol. The third-order valence-corrected chi connectivity index (χ3v) is 16.6. The van der Waals surface area contributed by atoms with Crippen LogP contribution in [0.3, 0.4) is 0 Å². The highest BCUT2D eigenvalue weighted by molar-refractivity contribution is 7.10. The molecule has 11 rings (SSSR count). The summed E-state index contributed by atoms with van der Waals surface area (Å²) in [4.78, 5) is 59.9. The van der Waals surface area contributed by atoms with Gasteiger partial charge >= 0.3 is 5.97 Å². The van der Waals surface area contributed by atoms with Crippen LogP contribution in [0, 0.1) is 5.92 Å². The summed E-state index contributed by atoms with van der Waals surface area (Å²) in [6, 6.07) is 31.2. The van der Waals surface area contributed by atoms with Crippen LogP contribution in [0.4, 0.5) is 5.69 Å². The summed E-state index contributed by atoms with van der Waals surface area (Å²) < 4.78 is 41.3. The van der Waals surface area contributed by atoms with E-state index in [2.05, 4.69) is 14.7 Å². The molecule has 80 heavy (non-hydrogen) atoms. The summed E-state index contributed by atoms with van der Waals surface area (Å²) in [6.45, 7) is 8.72. The van der Waals surface area contributed by atoms with Gasteiger partial charge in [0.1, 0.15) is 32.9 Å². The van der Waals surface area contributed by atoms with Crippen LogP contribution in [0.25, 0.3) is 0 Å². The van der Waals surface area contributed by atoms with Gasteiger partial charge in [-0.2, -0.15) is 0 Å². The number of carbonyl (C=O) groups excluding carboxylic acids is 3. The maximum Gasteiger partial charge on any atom is 0.309 e. The Labute approximate surface area is 482 Å². The number of thiazole rings is 2. The van der Waals surface area contributed by atoms with Crippen LogP contribution >= 0.6 is 45.9 Å². The lowest BCUT2D eigenvalue weighted by molar-refractivity contribution is -0.149. The molecule has 7 aromatic rings. The zero-order valence-electron chi connectivity index (χ0n) is 44.3. The zero-order valence-corrected chi connectivity index (χ0v) is 47.4. The van der Waals surface area contributed by atoms with Gasteiger partial charge in [-0.25, -0.2) is 9.97 Å². The van der Waals surface area contributed by atoms with Crippen molar-refractivity contribution in [2.45, 2.75) is 59.0 Å². The maximum atomic E-state index is 13.8. The number of rotatable bonds is 20. The second-order valence-corrected chi connectivity index (χ2v) is 22.5. The first-order chi connectivity index (χ1) is 39.0. The van der Waals surface area contributed by atoms with Gasteiger partial charge in [0.15, 0.2) is 23.0 Å². The molecule has 0 unspecified atom stereocenters. The van der Waals surface area contributed by atoms with Crippen molar-refractivity contribution in [2.24, 2.45) is 5.92 Å². The first-order valence-electron chi connectivity index (χ1n) is 26.5. The van der Waals surface area contributed by atoms with Crippen LogP contribution in [-0.4, -0.2) is 114 Å². The number of anilines is 1. The summed E-state index contributed by atoms with van der Waals surface area (Å²) in [5.41, 5.74) is 5.68. The molecule has 17 nitrogen and oxygen atoms in total. The van der Waals surface area contributed by atoms with E-state index in [0.717, 1.165) is 38.0 Å². The Morgan fingerprint density at radius 3 is 1.98 bits per heavy atom. The van der Waals surface area contributed by atoms with Crippen molar-refractivity contribution in [3.8, 4) is 40.2 Å². The standard InChI is InChI=1S/C59H59Cl2N7O10S2/c1-3-73-59(71)41-16-18-67(19-17-41)57(69)46-34-79-54(62-46)32-64(28-38-8-12-43(60)13-9-38)30-40-25-52-56(77-37-76-52)53(26-40)78-44-14-11-42(50(27-44)72-2)31-65(29-39-10-15-49-51(24-39)75-36-74-49)33-55-63-47(35-80-55)58(70)68-22-20-66(21-23-68)48-7-5-4-6-45(48)61/h4-15,24-27,34-35,41H,3,16-23,28-33,36-37H2,1-2H3. The van der Waals surface area contributed by atoms with Gasteiger partial charge in [-0.15, -0.1) is 22.7 Å². The summed E-state index contributed by atoms with van der Waals surface area (Å²) in [7, 11) is 1.64. The van der Waals surface area contributed by atoms with Gasteiger partial charge in [0.2, 0.25) is 19.3 Å². The highest BCUT2D eigenvalue weighted by Crippen LogP contribution is 2.45. The van der Waals surface area contributed by atoms with Crippen LogP contribution in [-0.2, 0) is 48.8 Å². The topological polar surface area (TPSA) is 158 Å². The number of carbonyl (C=O) groups is 3. The zero-order chi connectivity index (χ0) is 55.1. The number of nitrogens with zero attached hydrogens (tertiary/aromatic N) is 7. The van der Waals surface area contributed by atoms with E-state index in [-0.39, 0.29) is 37.3 Å². The molecule has 0 aliphatic carbocycles. The predicted octanol–water partition coefficient (Wildman–Crippen LogP) is 10.9. The minimum atomic E-state index is -0.201. The Kier molecular flexibility index (Phi) is 17.2. The molecule has 0 radical (unpaired) electrons. The Morgan fingerprint density at radius 1 is 0.637 bits per heavy atom.